The number of nitrogens with zero attached hydrogens (tertiary/aromatic N) is 5. The standard InChI is InChI=1S/C10H16N8S2/c1-18(9(14)15-6-11)2-3-19-4-7-5-20-10(16-7)17-8(12)13/h5H,2-4H2,1H3,(H2,14,15)(H4,12,13,16,17). The zero-order valence-corrected chi connectivity index (χ0v) is 12.6. The molecule has 0 amide bonds. The maximum Gasteiger partial charge on any atom is 0.212 e. The largest absolute Gasteiger partial charge is 0.370 e. The summed E-state index contributed by atoms with van der Waals surface area (Å²) < 4.78 is 0. The molecule has 0 aliphatic rings. The van der Waals surface area contributed by atoms with Crippen molar-refractivity contribution in [2.75, 3.05) is 19.3 Å². The Morgan fingerprint density at radius 2 is 2.30 bits per heavy atom. The number of hydrogen-bond acceptors (Lipinski definition) is 6. The van der Waals surface area contributed by atoms with Gasteiger partial charge in [0.1, 0.15) is 0 Å². The molecule has 1 aromatic rings. The first-order valence-electron chi connectivity index (χ1n) is 5.58. The lowest BCUT2D eigenvalue weighted by Gasteiger charge is -2.15. The van der Waals surface area contributed by atoms with E-state index in [1.807, 2.05) is 5.38 Å². The van der Waals surface area contributed by atoms with E-state index >= 15 is 0 Å². The molecule has 0 unspecified atom stereocenters. The molecule has 6 N–H and O–H groups in total. The Bertz CT molecular complexity index is 526. The number of hydrogen-bond donors (Lipinski definition) is 3. The van der Waals surface area contributed by atoms with Gasteiger partial charge in [-0.2, -0.15) is 22.0 Å². The lowest BCUT2D eigenvalue weighted by atomic mass is 10.6. The molecule has 0 radical (unpaired) electrons. The Balaban J connectivity index is 2.31. The van der Waals surface area contributed by atoms with Crippen molar-refractivity contribution in [2.45, 2.75) is 5.75 Å². The Kier molecular flexibility index (Phi) is 6.61. The van der Waals surface area contributed by atoms with Gasteiger partial charge in [-0.1, -0.05) is 0 Å². The zero-order valence-electron chi connectivity index (χ0n) is 11.0. The fourth-order valence-corrected chi connectivity index (χ4v) is 2.87. The third-order valence-electron chi connectivity index (χ3n) is 2.14. The highest BCUT2D eigenvalue weighted by Crippen LogP contribution is 2.21. The molecule has 0 aromatic carbocycles. The molecule has 8 nitrogen and oxygen atoms in total. The Morgan fingerprint density at radius 3 is 2.95 bits per heavy atom. The summed E-state index contributed by atoms with van der Waals surface area (Å²) in [4.78, 5) is 13.3. The number of nitriles is 1. The van der Waals surface area contributed by atoms with Crippen LogP contribution in [0.3, 0.4) is 0 Å². The van der Waals surface area contributed by atoms with Gasteiger partial charge < -0.3 is 22.1 Å². The molecule has 108 valence electrons. The maximum atomic E-state index is 8.39. The van der Waals surface area contributed by atoms with Gasteiger partial charge in [-0.05, 0) is 0 Å². The Hall–Kier alpha value is -1.99. The van der Waals surface area contributed by atoms with Gasteiger partial charge in [-0.15, -0.1) is 16.3 Å². The van der Waals surface area contributed by atoms with Gasteiger partial charge in [0.15, 0.2) is 5.96 Å². The minimum absolute atomic E-state index is 0.00688. The van der Waals surface area contributed by atoms with Gasteiger partial charge in [-0.25, -0.2) is 4.98 Å². The van der Waals surface area contributed by atoms with Crippen LogP contribution in [0.25, 0.3) is 0 Å². The van der Waals surface area contributed by atoms with Crippen LogP contribution in [-0.4, -0.2) is 41.1 Å². The third-order valence-corrected chi connectivity index (χ3v) is 3.90. The summed E-state index contributed by atoms with van der Waals surface area (Å²) in [6.45, 7) is 0.701. The molecule has 10 heteroatoms. The van der Waals surface area contributed by atoms with Crippen LogP contribution >= 0.6 is 23.1 Å². The van der Waals surface area contributed by atoms with Gasteiger partial charge >= 0.3 is 0 Å². The van der Waals surface area contributed by atoms with Crippen LogP contribution < -0.4 is 17.2 Å². The highest BCUT2D eigenvalue weighted by Gasteiger charge is 2.04. The van der Waals surface area contributed by atoms with Crippen molar-refractivity contribution in [2.24, 2.45) is 27.2 Å². The van der Waals surface area contributed by atoms with E-state index < -0.39 is 0 Å². The molecule has 0 saturated heterocycles. The maximum absolute atomic E-state index is 8.39. The van der Waals surface area contributed by atoms with E-state index in [9.17, 15) is 0 Å². The molecule has 0 aliphatic heterocycles. The average molecular weight is 312 g/mol. The van der Waals surface area contributed by atoms with Gasteiger partial charge in [0.05, 0.1) is 5.69 Å². The summed E-state index contributed by atoms with van der Waals surface area (Å²) in [5, 5.41) is 10.9. The van der Waals surface area contributed by atoms with Crippen molar-refractivity contribution >= 4 is 40.1 Å². The lowest BCUT2D eigenvalue weighted by Crippen LogP contribution is -2.35. The predicted molar refractivity (Wildman–Crippen MR) is 83.6 cm³/mol. The number of aromatic nitrogens is 1. The number of aliphatic imine (C=N–C) groups is 2. The molecule has 0 fully saturated rings. The molecule has 0 spiro atoms. The molecule has 0 atom stereocenters. The molecule has 1 aromatic heterocycles. The van der Waals surface area contributed by atoms with Crippen LogP contribution in [0.5, 0.6) is 0 Å². The van der Waals surface area contributed by atoms with Gasteiger partial charge in [0, 0.05) is 30.5 Å². The zero-order chi connectivity index (χ0) is 15.0. The fraction of sp³-hybridized carbons (Fsp3) is 0.400. The summed E-state index contributed by atoms with van der Waals surface area (Å²) in [5.74, 6) is 1.83. The van der Waals surface area contributed by atoms with Crippen LogP contribution in [0.4, 0.5) is 5.13 Å². The number of guanidine groups is 2. The predicted octanol–water partition coefficient (Wildman–Crippen LogP) is 0.00878. The average Bonchev–Trinajstić information content (AvgIpc) is 2.81. The van der Waals surface area contributed by atoms with E-state index in [4.69, 9.17) is 22.5 Å². The first kappa shape index (κ1) is 16.1. The van der Waals surface area contributed by atoms with Crippen molar-refractivity contribution < 1.29 is 0 Å². The van der Waals surface area contributed by atoms with Gasteiger partial charge in [0.25, 0.3) is 0 Å². The minimum Gasteiger partial charge on any atom is -0.370 e. The summed E-state index contributed by atoms with van der Waals surface area (Å²) >= 11 is 3.10. The highest BCUT2D eigenvalue weighted by atomic mass is 32.2. The summed E-state index contributed by atoms with van der Waals surface area (Å²) in [6.07, 6.45) is 1.66. The molecular weight excluding hydrogens is 296 g/mol. The number of rotatable bonds is 6. The quantitative estimate of drug-likeness (QED) is 0.290. The van der Waals surface area contributed by atoms with E-state index in [1.54, 1.807) is 29.9 Å². The molecule has 1 rings (SSSR count). The van der Waals surface area contributed by atoms with Crippen LogP contribution in [0.2, 0.25) is 0 Å². The van der Waals surface area contributed by atoms with Crippen molar-refractivity contribution in [1.29, 1.82) is 5.26 Å². The van der Waals surface area contributed by atoms with Crippen LogP contribution in [0.15, 0.2) is 15.4 Å². The Labute approximate surface area is 125 Å². The molecule has 1 heterocycles. The monoisotopic (exact) mass is 312 g/mol. The van der Waals surface area contributed by atoms with Gasteiger partial charge in [0.2, 0.25) is 17.3 Å². The lowest BCUT2D eigenvalue weighted by molar-refractivity contribution is 0.534. The minimum atomic E-state index is 0.00688. The van der Waals surface area contributed by atoms with Crippen molar-refractivity contribution in [3.8, 4) is 6.19 Å². The second-order valence-corrected chi connectivity index (χ2v) is 5.64. The second-order valence-electron chi connectivity index (χ2n) is 3.70. The van der Waals surface area contributed by atoms with E-state index in [0.29, 0.717) is 11.7 Å². The molecule has 0 saturated carbocycles. The van der Waals surface area contributed by atoms with E-state index in [-0.39, 0.29) is 11.9 Å². The van der Waals surface area contributed by atoms with Crippen molar-refractivity contribution in [3.05, 3.63) is 11.1 Å². The van der Waals surface area contributed by atoms with E-state index in [0.717, 1.165) is 17.2 Å². The smallest absolute Gasteiger partial charge is 0.212 e. The van der Waals surface area contributed by atoms with Gasteiger partial charge in [-0.3, -0.25) is 0 Å². The highest BCUT2D eigenvalue weighted by molar-refractivity contribution is 7.98. The SMILES string of the molecule is CN(CCSCc1csc(N=C(N)N)n1)C(N)=NC#N. The number of nitrogens with two attached hydrogens (primary N) is 3. The molecular formula is C10H16N8S2. The van der Waals surface area contributed by atoms with E-state index in [1.165, 1.54) is 11.3 Å². The summed E-state index contributed by atoms with van der Waals surface area (Å²) in [6, 6.07) is 0. The molecule has 0 bridgehead atoms. The third kappa shape index (κ3) is 5.77. The normalized spacial score (nSPS) is 10.9. The van der Waals surface area contributed by atoms with Crippen LogP contribution in [-0.2, 0) is 5.75 Å². The number of thioether (sulfide) groups is 1. The molecule has 20 heavy (non-hydrogen) atoms. The van der Waals surface area contributed by atoms with E-state index in [2.05, 4.69) is 15.0 Å². The summed E-state index contributed by atoms with van der Waals surface area (Å²) in [7, 11) is 1.79. The Morgan fingerprint density at radius 1 is 1.55 bits per heavy atom. The van der Waals surface area contributed by atoms with Crippen LogP contribution in [0, 0.1) is 11.5 Å². The van der Waals surface area contributed by atoms with Crippen molar-refractivity contribution in [3.63, 3.8) is 0 Å². The molecule has 0 aliphatic carbocycles. The fourth-order valence-electron chi connectivity index (χ4n) is 1.15. The summed E-state index contributed by atoms with van der Waals surface area (Å²) in [5.41, 5.74) is 17.1. The topological polar surface area (TPSA) is 143 Å². The second kappa shape index (κ2) is 8.23. The number of thiazole rings is 1. The van der Waals surface area contributed by atoms with Crippen LogP contribution in [0.1, 0.15) is 5.69 Å². The first-order chi connectivity index (χ1) is 9.52. The van der Waals surface area contributed by atoms with Crippen molar-refractivity contribution in [1.82, 2.24) is 9.88 Å². The first-order valence-corrected chi connectivity index (χ1v) is 7.61.